The highest BCUT2D eigenvalue weighted by Gasteiger charge is 2.02. The van der Waals surface area contributed by atoms with Gasteiger partial charge in [0.25, 0.3) is 0 Å². The van der Waals surface area contributed by atoms with Crippen molar-refractivity contribution in [3.63, 3.8) is 0 Å². The Kier molecular flexibility index (Phi) is 4.57. The molecule has 1 N–H and O–H groups in total. The molecule has 0 aliphatic rings. The highest BCUT2D eigenvalue weighted by molar-refractivity contribution is 7.99. The van der Waals surface area contributed by atoms with Crippen LogP contribution in [-0.2, 0) is 6.54 Å². The second-order valence-corrected chi connectivity index (χ2v) is 4.33. The van der Waals surface area contributed by atoms with Crippen molar-refractivity contribution in [3.05, 3.63) is 23.7 Å². The molecule has 0 bridgehead atoms. The van der Waals surface area contributed by atoms with Crippen LogP contribution in [0.5, 0.6) is 0 Å². The van der Waals surface area contributed by atoms with Crippen LogP contribution in [0.3, 0.4) is 0 Å². The first-order valence-electron chi connectivity index (χ1n) is 4.48. The highest BCUT2D eigenvalue weighted by atomic mass is 32.2. The van der Waals surface area contributed by atoms with Crippen LogP contribution in [0.15, 0.2) is 16.5 Å². The van der Waals surface area contributed by atoms with Gasteiger partial charge < -0.3 is 9.73 Å². The van der Waals surface area contributed by atoms with Crippen LogP contribution in [0.25, 0.3) is 0 Å². The average molecular weight is 210 g/mol. The molecule has 1 aromatic rings. The van der Waals surface area contributed by atoms with Crippen LogP contribution >= 0.6 is 11.8 Å². The number of rotatable bonds is 5. The van der Waals surface area contributed by atoms with Gasteiger partial charge in [0.15, 0.2) is 0 Å². The van der Waals surface area contributed by atoms with Crippen LogP contribution in [0.1, 0.15) is 18.4 Å². The molecule has 1 heterocycles. The fourth-order valence-electron chi connectivity index (χ4n) is 1.01. The Morgan fingerprint density at radius 1 is 1.64 bits per heavy atom. The summed E-state index contributed by atoms with van der Waals surface area (Å²) in [5.74, 6) is 1.19. The van der Waals surface area contributed by atoms with Crippen molar-refractivity contribution >= 4 is 11.8 Å². The molecular formula is C10H14N2OS. The largest absolute Gasteiger partial charge is 0.449 e. The summed E-state index contributed by atoms with van der Waals surface area (Å²) in [6.07, 6.45) is 2.09. The Balaban J connectivity index is 2.28. The molecule has 0 radical (unpaired) electrons. The van der Waals surface area contributed by atoms with Crippen LogP contribution < -0.4 is 5.32 Å². The molecule has 0 aliphatic carbocycles. The molecule has 1 aromatic heterocycles. The van der Waals surface area contributed by atoms with Crippen LogP contribution in [0.4, 0.5) is 0 Å². The number of nitriles is 1. The molecule has 0 aliphatic heterocycles. The lowest BCUT2D eigenvalue weighted by atomic mass is 10.4. The van der Waals surface area contributed by atoms with Gasteiger partial charge in [-0.25, -0.2) is 0 Å². The quantitative estimate of drug-likeness (QED) is 0.807. The minimum absolute atomic E-state index is 0.375. The van der Waals surface area contributed by atoms with Gasteiger partial charge >= 0.3 is 0 Å². The van der Waals surface area contributed by atoms with Crippen LogP contribution in [0, 0.1) is 11.3 Å². The van der Waals surface area contributed by atoms with Gasteiger partial charge in [0, 0.05) is 11.8 Å². The molecule has 3 nitrogen and oxygen atoms in total. The van der Waals surface area contributed by atoms with Gasteiger partial charge in [0.05, 0.1) is 6.54 Å². The number of hydrogen-bond acceptors (Lipinski definition) is 4. The van der Waals surface area contributed by atoms with E-state index in [2.05, 4.69) is 18.5 Å². The molecule has 0 spiro atoms. The summed E-state index contributed by atoms with van der Waals surface area (Å²) in [7, 11) is 0. The lowest BCUT2D eigenvalue weighted by Gasteiger charge is -2.07. The first-order valence-corrected chi connectivity index (χ1v) is 5.77. The van der Waals surface area contributed by atoms with E-state index in [-0.39, 0.29) is 0 Å². The Morgan fingerprint density at radius 2 is 2.43 bits per heavy atom. The first-order chi connectivity index (χ1) is 6.76. The van der Waals surface area contributed by atoms with E-state index < -0.39 is 0 Å². The Bertz CT molecular complexity index is 316. The highest BCUT2D eigenvalue weighted by Crippen LogP contribution is 2.07. The Labute approximate surface area is 88.5 Å². The van der Waals surface area contributed by atoms with Gasteiger partial charge in [-0.2, -0.15) is 17.0 Å². The van der Waals surface area contributed by atoms with Gasteiger partial charge in [0.2, 0.25) is 5.76 Å². The minimum Gasteiger partial charge on any atom is -0.449 e. The maximum absolute atomic E-state index is 8.54. The molecule has 0 saturated heterocycles. The van der Waals surface area contributed by atoms with E-state index in [1.165, 1.54) is 0 Å². The van der Waals surface area contributed by atoms with Gasteiger partial charge in [-0.15, -0.1) is 0 Å². The zero-order valence-corrected chi connectivity index (χ0v) is 9.23. The third kappa shape index (κ3) is 3.44. The fraction of sp³-hybridized carbons (Fsp3) is 0.500. The van der Waals surface area contributed by atoms with E-state index >= 15 is 0 Å². The average Bonchev–Trinajstić information content (AvgIpc) is 2.65. The molecule has 0 amide bonds. The molecule has 0 fully saturated rings. The standard InChI is InChI=1S/C10H14N2OS/c1-8(14-2)6-12-7-10-4-3-9(5-11)13-10/h3-4,8,12H,6-7H2,1-2H3. The van der Waals surface area contributed by atoms with Crippen molar-refractivity contribution in [2.45, 2.75) is 18.7 Å². The summed E-state index contributed by atoms with van der Waals surface area (Å²) in [5, 5.41) is 12.4. The molecule has 1 unspecified atom stereocenters. The summed E-state index contributed by atoms with van der Waals surface area (Å²) >= 11 is 1.82. The minimum atomic E-state index is 0.375. The lowest BCUT2D eigenvalue weighted by molar-refractivity contribution is 0.475. The van der Waals surface area contributed by atoms with E-state index in [4.69, 9.17) is 9.68 Å². The smallest absolute Gasteiger partial charge is 0.203 e. The molecule has 0 aromatic carbocycles. The SMILES string of the molecule is CSC(C)CNCc1ccc(C#N)o1. The van der Waals surface area contributed by atoms with E-state index in [1.54, 1.807) is 6.07 Å². The number of nitrogens with zero attached hydrogens (tertiary/aromatic N) is 1. The van der Waals surface area contributed by atoms with E-state index in [9.17, 15) is 0 Å². The summed E-state index contributed by atoms with van der Waals surface area (Å²) in [4.78, 5) is 0. The Morgan fingerprint density at radius 3 is 3.00 bits per heavy atom. The zero-order chi connectivity index (χ0) is 10.4. The van der Waals surface area contributed by atoms with Crippen LogP contribution in [0.2, 0.25) is 0 Å². The van der Waals surface area contributed by atoms with Gasteiger partial charge in [-0.1, -0.05) is 6.92 Å². The summed E-state index contributed by atoms with van der Waals surface area (Å²) in [5.41, 5.74) is 0. The predicted molar refractivity (Wildman–Crippen MR) is 58.1 cm³/mol. The molecular weight excluding hydrogens is 196 g/mol. The number of furan rings is 1. The van der Waals surface area contributed by atoms with Crippen LogP contribution in [-0.4, -0.2) is 18.1 Å². The van der Waals surface area contributed by atoms with Crippen molar-refractivity contribution in [1.82, 2.24) is 5.32 Å². The summed E-state index contributed by atoms with van der Waals surface area (Å²) in [6, 6.07) is 5.48. The molecule has 1 atom stereocenters. The second-order valence-electron chi connectivity index (χ2n) is 3.05. The maximum atomic E-state index is 8.54. The van der Waals surface area contributed by atoms with E-state index in [0.29, 0.717) is 17.6 Å². The van der Waals surface area contributed by atoms with Crippen molar-refractivity contribution < 1.29 is 4.42 Å². The molecule has 1 rings (SSSR count). The molecule has 76 valence electrons. The number of thioether (sulfide) groups is 1. The van der Waals surface area contributed by atoms with E-state index in [0.717, 1.165) is 12.3 Å². The van der Waals surface area contributed by atoms with Crippen molar-refractivity contribution in [3.8, 4) is 6.07 Å². The normalized spacial score (nSPS) is 12.4. The van der Waals surface area contributed by atoms with E-state index in [1.807, 2.05) is 23.9 Å². The Hall–Kier alpha value is -0.920. The number of nitrogens with one attached hydrogen (secondary N) is 1. The van der Waals surface area contributed by atoms with Gasteiger partial charge in [-0.05, 0) is 18.4 Å². The summed E-state index contributed by atoms with van der Waals surface area (Å²) in [6.45, 7) is 3.80. The topological polar surface area (TPSA) is 49.0 Å². The van der Waals surface area contributed by atoms with Crippen molar-refractivity contribution in [2.24, 2.45) is 0 Å². The first kappa shape index (κ1) is 11.2. The summed E-state index contributed by atoms with van der Waals surface area (Å²) < 4.78 is 5.22. The molecule has 14 heavy (non-hydrogen) atoms. The molecule has 0 saturated carbocycles. The van der Waals surface area contributed by atoms with Crippen molar-refractivity contribution in [1.29, 1.82) is 5.26 Å². The number of hydrogen-bond donors (Lipinski definition) is 1. The maximum Gasteiger partial charge on any atom is 0.203 e. The second kappa shape index (κ2) is 5.74. The van der Waals surface area contributed by atoms with Crippen molar-refractivity contribution in [2.75, 3.05) is 12.8 Å². The monoisotopic (exact) mass is 210 g/mol. The van der Waals surface area contributed by atoms with Gasteiger partial charge in [-0.3, -0.25) is 0 Å². The zero-order valence-electron chi connectivity index (χ0n) is 8.41. The third-order valence-electron chi connectivity index (χ3n) is 1.91. The predicted octanol–water partition coefficient (Wildman–Crippen LogP) is 1.99. The van der Waals surface area contributed by atoms with Gasteiger partial charge in [0.1, 0.15) is 11.8 Å². The third-order valence-corrected chi connectivity index (χ3v) is 2.88. The molecule has 4 heteroatoms. The fourth-order valence-corrected chi connectivity index (χ4v) is 1.30. The lowest BCUT2D eigenvalue weighted by Crippen LogP contribution is -2.21.